The van der Waals surface area contributed by atoms with Gasteiger partial charge in [-0.2, -0.15) is 0 Å². The van der Waals surface area contributed by atoms with E-state index >= 15 is 0 Å². The Hall–Kier alpha value is -1.75. The Balaban J connectivity index is 1.84. The molecule has 4 rings (SSSR count). The number of tetrazole rings is 1. The van der Waals surface area contributed by atoms with E-state index in [0.717, 1.165) is 18.9 Å². The van der Waals surface area contributed by atoms with E-state index in [2.05, 4.69) is 50.8 Å². The molecule has 3 heterocycles. The molecule has 2 aromatic rings. The fraction of sp³-hybridized carbons (Fsp3) is 0.462. The van der Waals surface area contributed by atoms with Crippen LogP contribution < -0.4 is 0 Å². The number of nitrogens with zero attached hydrogens (tertiary/aromatic N) is 5. The van der Waals surface area contributed by atoms with Crippen molar-refractivity contribution in [1.82, 2.24) is 25.1 Å². The van der Waals surface area contributed by atoms with Crippen LogP contribution in [0.5, 0.6) is 0 Å². The van der Waals surface area contributed by atoms with Crippen LogP contribution in [0.1, 0.15) is 30.3 Å². The van der Waals surface area contributed by atoms with Gasteiger partial charge in [0.05, 0.1) is 12.6 Å². The zero-order valence-electron chi connectivity index (χ0n) is 10.1. The van der Waals surface area contributed by atoms with E-state index in [0.29, 0.717) is 6.04 Å². The second-order valence-corrected chi connectivity index (χ2v) is 5.07. The van der Waals surface area contributed by atoms with Gasteiger partial charge in [0.15, 0.2) is 5.82 Å². The number of rotatable bonds is 1. The van der Waals surface area contributed by atoms with Gasteiger partial charge < -0.3 is 0 Å². The Morgan fingerprint density at radius 1 is 1.17 bits per heavy atom. The van der Waals surface area contributed by atoms with E-state index in [4.69, 9.17) is 0 Å². The number of hydrogen-bond acceptors (Lipinski definition) is 4. The summed E-state index contributed by atoms with van der Waals surface area (Å²) < 4.78 is 1.98. The quantitative estimate of drug-likeness (QED) is 0.753. The summed E-state index contributed by atoms with van der Waals surface area (Å²) in [5.74, 6) is 0.986. The van der Waals surface area contributed by atoms with Gasteiger partial charge in [-0.05, 0) is 35.4 Å². The molecular weight excluding hydrogens is 226 g/mol. The van der Waals surface area contributed by atoms with Crippen LogP contribution in [0, 0.1) is 0 Å². The van der Waals surface area contributed by atoms with Crippen molar-refractivity contribution in [3.63, 3.8) is 0 Å². The Labute approximate surface area is 105 Å². The molecule has 0 aliphatic carbocycles. The maximum absolute atomic E-state index is 4.24. The highest BCUT2D eigenvalue weighted by Gasteiger charge is 2.39. The third-order valence-corrected chi connectivity index (χ3v) is 4.06. The van der Waals surface area contributed by atoms with Gasteiger partial charge in [-0.15, -0.1) is 5.10 Å². The summed E-state index contributed by atoms with van der Waals surface area (Å²) in [5, 5.41) is 12.2. The van der Waals surface area contributed by atoms with E-state index in [-0.39, 0.29) is 6.04 Å². The highest BCUT2D eigenvalue weighted by Crippen LogP contribution is 2.37. The molecule has 0 bridgehead atoms. The van der Waals surface area contributed by atoms with Crippen LogP contribution in [-0.2, 0) is 6.54 Å². The maximum atomic E-state index is 4.24. The van der Waals surface area contributed by atoms with E-state index in [1.165, 1.54) is 18.4 Å². The molecule has 0 saturated carbocycles. The number of aromatic nitrogens is 4. The van der Waals surface area contributed by atoms with Crippen molar-refractivity contribution in [2.24, 2.45) is 0 Å². The zero-order chi connectivity index (χ0) is 11.9. The number of fused-ring (bicyclic) bond motifs is 2. The molecule has 1 fully saturated rings. The minimum atomic E-state index is 0.224. The molecule has 0 amide bonds. The number of hydrogen-bond donors (Lipinski definition) is 0. The average molecular weight is 241 g/mol. The van der Waals surface area contributed by atoms with Crippen molar-refractivity contribution < 1.29 is 0 Å². The predicted molar refractivity (Wildman–Crippen MR) is 65.8 cm³/mol. The van der Waals surface area contributed by atoms with Gasteiger partial charge in [-0.25, -0.2) is 4.68 Å². The van der Waals surface area contributed by atoms with Crippen LogP contribution in [0.25, 0.3) is 0 Å². The predicted octanol–water partition coefficient (Wildman–Crippen LogP) is 1.24. The fourth-order valence-electron chi connectivity index (χ4n) is 3.26. The summed E-state index contributed by atoms with van der Waals surface area (Å²) in [6.45, 7) is 2.09. The molecule has 5 heteroatoms. The monoisotopic (exact) mass is 241 g/mol. The van der Waals surface area contributed by atoms with Crippen molar-refractivity contribution in [3.8, 4) is 0 Å². The highest BCUT2D eigenvalue weighted by molar-refractivity contribution is 5.26. The lowest BCUT2D eigenvalue weighted by molar-refractivity contribution is 0.143. The van der Waals surface area contributed by atoms with Gasteiger partial charge in [0.1, 0.15) is 0 Å². The molecule has 5 nitrogen and oxygen atoms in total. The standard InChI is InChI=1S/C13H15N5/c1-2-5-10(6-3-1)12-13-14-15-16-18(13)9-11-7-4-8-17(11)12/h1-3,5-6,11-12H,4,7-9H2/t11-,12+/m0/s1. The van der Waals surface area contributed by atoms with Crippen LogP contribution in [0.3, 0.4) is 0 Å². The molecule has 0 N–H and O–H groups in total. The van der Waals surface area contributed by atoms with Crippen molar-refractivity contribution in [2.75, 3.05) is 6.54 Å². The first-order valence-corrected chi connectivity index (χ1v) is 6.50. The average Bonchev–Trinajstić information content (AvgIpc) is 3.04. The van der Waals surface area contributed by atoms with Crippen LogP contribution >= 0.6 is 0 Å². The molecule has 1 saturated heterocycles. The van der Waals surface area contributed by atoms with Gasteiger partial charge in [-0.3, -0.25) is 4.90 Å². The summed E-state index contributed by atoms with van der Waals surface area (Å²) in [6.07, 6.45) is 2.52. The second kappa shape index (κ2) is 3.88. The van der Waals surface area contributed by atoms with Gasteiger partial charge in [-0.1, -0.05) is 30.3 Å². The number of benzene rings is 1. The minimum absolute atomic E-state index is 0.224. The Morgan fingerprint density at radius 3 is 2.94 bits per heavy atom. The smallest absolute Gasteiger partial charge is 0.173 e. The molecule has 0 unspecified atom stereocenters. The third-order valence-electron chi connectivity index (χ3n) is 4.06. The summed E-state index contributed by atoms with van der Waals surface area (Å²) in [5.41, 5.74) is 1.29. The van der Waals surface area contributed by atoms with Crippen molar-refractivity contribution >= 4 is 0 Å². The third kappa shape index (κ3) is 1.40. The molecule has 1 aromatic carbocycles. The van der Waals surface area contributed by atoms with Crippen LogP contribution in [0.15, 0.2) is 30.3 Å². The summed E-state index contributed by atoms with van der Waals surface area (Å²) >= 11 is 0. The molecule has 92 valence electrons. The summed E-state index contributed by atoms with van der Waals surface area (Å²) in [7, 11) is 0. The molecular formula is C13H15N5. The normalized spacial score (nSPS) is 26.9. The van der Waals surface area contributed by atoms with Gasteiger partial charge in [0, 0.05) is 6.04 Å². The first-order chi connectivity index (χ1) is 8.93. The molecule has 18 heavy (non-hydrogen) atoms. The lowest BCUT2D eigenvalue weighted by atomic mass is 10.0. The first kappa shape index (κ1) is 10.2. The van der Waals surface area contributed by atoms with Crippen molar-refractivity contribution in [2.45, 2.75) is 31.5 Å². The molecule has 2 aliphatic rings. The maximum Gasteiger partial charge on any atom is 0.173 e. The van der Waals surface area contributed by atoms with E-state index < -0.39 is 0 Å². The molecule has 2 atom stereocenters. The Kier molecular flexibility index (Phi) is 2.20. The van der Waals surface area contributed by atoms with E-state index in [9.17, 15) is 0 Å². The van der Waals surface area contributed by atoms with Gasteiger partial charge in [0.2, 0.25) is 0 Å². The lowest BCUT2D eigenvalue weighted by Gasteiger charge is -2.36. The highest BCUT2D eigenvalue weighted by atomic mass is 15.6. The van der Waals surface area contributed by atoms with E-state index in [1.54, 1.807) is 0 Å². The second-order valence-electron chi connectivity index (χ2n) is 5.07. The Bertz CT molecular complexity index is 550. The van der Waals surface area contributed by atoms with Gasteiger partial charge >= 0.3 is 0 Å². The lowest BCUT2D eigenvalue weighted by Crippen LogP contribution is -2.43. The molecule has 0 radical (unpaired) electrons. The molecule has 1 aromatic heterocycles. The molecule has 2 aliphatic heterocycles. The summed E-state index contributed by atoms with van der Waals surface area (Å²) in [4.78, 5) is 2.56. The van der Waals surface area contributed by atoms with Gasteiger partial charge in [0.25, 0.3) is 0 Å². The van der Waals surface area contributed by atoms with Crippen molar-refractivity contribution in [1.29, 1.82) is 0 Å². The first-order valence-electron chi connectivity index (χ1n) is 6.50. The van der Waals surface area contributed by atoms with Crippen molar-refractivity contribution in [3.05, 3.63) is 41.7 Å². The zero-order valence-corrected chi connectivity index (χ0v) is 10.1. The topological polar surface area (TPSA) is 46.8 Å². The minimum Gasteiger partial charge on any atom is -0.285 e. The summed E-state index contributed by atoms with van der Waals surface area (Å²) in [6, 6.07) is 11.4. The van der Waals surface area contributed by atoms with Crippen LogP contribution in [-0.4, -0.2) is 37.7 Å². The Morgan fingerprint density at radius 2 is 2.06 bits per heavy atom. The van der Waals surface area contributed by atoms with Crippen LogP contribution in [0.4, 0.5) is 0 Å². The van der Waals surface area contributed by atoms with Crippen LogP contribution in [0.2, 0.25) is 0 Å². The largest absolute Gasteiger partial charge is 0.285 e. The molecule has 0 spiro atoms. The fourth-order valence-corrected chi connectivity index (χ4v) is 3.26. The SMILES string of the molecule is c1ccc([C@@H]2c3nnnn3C[C@@H]3CCCN32)cc1. The van der Waals surface area contributed by atoms with E-state index in [1.807, 2.05) is 4.68 Å².